The van der Waals surface area contributed by atoms with E-state index in [1.165, 1.54) is 16.6 Å². The molecule has 1 fully saturated rings. The molecule has 0 aliphatic carbocycles. The minimum atomic E-state index is -4.55. The van der Waals surface area contributed by atoms with E-state index in [1.807, 2.05) is 37.3 Å². The highest BCUT2D eigenvalue weighted by Crippen LogP contribution is 2.33. The first-order valence-electron chi connectivity index (χ1n) is 14.4. The molecule has 0 unspecified atom stereocenters. The Bertz CT molecular complexity index is 1650. The lowest BCUT2D eigenvalue weighted by molar-refractivity contribution is -0.137. The highest BCUT2D eigenvalue weighted by Gasteiger charge is 2.32. The minimum Gasteiger partial charge on any atom is -0.494 e. The first kappa shape index (κ1) is 30.8. The summed E-state index contributed by atoms with van der Waals surface area (Å²) >= 11 is 0. The van der Waals surface area contributed by atoms with Gasteiger partial charge in [0.25, 0.3) is 5.91 Å². The van der Waals surface area contributed by atoms with E-state index < -0.39 is 29.3 Å². The molecule has 1 saturated heterocycles. The smallest absolute Gasteiger partial charge is 0.416 e. The molecule has 12 heteroatoms. The van der Waals surface area contributed by atoms with E-state index in [0.29, 0.717) is 49.6 Å². The highest BCUT2D eigenvalue weighted by atomic mass is 19.4. The van der Waals surface area contributed by atoms with Crippen LogP contribution in [-0.4, -0.2) is 56.8 Å². The number of piperidine rings is 1. The SMILES string of the molecule is CCOc1ccc(-c2cc3nc(C4CCN(C(=O)OC(C)(C)C)CC4)c(C(=O)Nc4cccc(C(F)(F)F)c4)cn3n2)cc1. The van der Waals surface area contributed by atoms with Crippen LogP contribution in [0.5, 0.6) is 5.75 Å². The summed E-state index contributed by atoms with van der Waals surface area (Å²) in [6, 6.07) is 13.7. The first-order valence-corrected chi connectivity index (χ1v) is 14.4. The Balaban J connectivity index is 1.47. The van der Waals surface area contributed by atoms with E-state index in [9.17, 15) is 22.8 Å². The summed E-state index contributed by atoms with van der Waals surface area (Å²) in [5, 5.41) is 7.23. The molecule has 2 amide bonds. The second kappa shape index (κ2) is 12.2. The Morgan fingerprint density at radius 3 is 2.36 bits per heavy atom. The van der Waals surface area contributed by atoms with E-state index >= 15 is 0 Å². The third-order valence-electron chi connectivity index (χ3n) is 7.17. The quantitative estimate of drug-likeness (QED) is 0.249. The molecule has 44 heavy (non-hydrogen) atoms. The van der Waals surface area contributed by atoms with Crippen molar-refractivity contribution in [1.82, 2.24) is 19.5 Å². The van der Waals surface area contributed by atoms with Crippen LogP contribution < -0.4 is 10.1 Å². The number of alkyl halides is 3. The van der Waals surface area contributed by atoms with Crippen molar-refractivity contribution in [2.24, 2.45) is 0 Å². The van der Waals surface area contributed by atoms with Crippen molar-refractivity contribution < 1.29 is 32.2 Å². The van der Waals surface area contributed by atoms with Gasteiger partial charge < -0.3 is 19.7 Å². The van der Waals surface area contributed by atoms with Gasteiger partial charge in [-0.3, -0.25) is 4.79 Å². The number of amides is 2. The monoisotopic (exact) mass is 609 g/mol. The van der Waals surface area contributed by atoms with Gasteiger partial charge in [-0.2, -0.15) is 18.3 Å². The first-order chi connectivity index (χ1) is 20.8. The molecular formula is C32H34F3N5O4. The van der Waals surface area contributed by atoms with Crippen molar-refractivity contribution in [3.8, 4) is 17.0 Å². The zero-order valence-electron chi connectivity index (χ0n) is 24.9. The summed E-state index contributed by atoms with van der Waals surface area (Å²) < 4.78 is 52.5. The van der Waals surface area contributed by atoms with Crippen LogP contribution in [0, 0.1) is 0 Å². The average molecular weight is 610 g/mol. The average Bonchev–Trinajstić information content (AvgIpc) is 3.39. The summed E-state index contributed by atoms with van der Waals surface area (Å²) in [5.74, 6) is -0.0714. The second-order valence-electron chi connectivity index (χ2n) is 11.6. The van der Waals surface area contributed by atoms with E-state index in [4.69, 9.17) is 14.5 Å². The van der Waals surface area contributed by atoms with Gasteiger partial charge in [0.15, 0.2) is 5.65 Å². The Morgan fingerprint density at radius 2 is 1.73 bits per heavy atom. The van der Waals surface area contributed by atoms with Crippen LogP contribution in [-0.2, 0) is 10.9 Å². The van der Waals surface area contributed by atoms with Gasteiger partial charge >= 0.3 is 12.3 Å². The Hall–Kier alpha value is -4.61. The molecule has 5 rings (SSSR count). The summed E-state index contributed by atoms with van der Waals surface area (Å²) in [7, 11) is 0. The fourth-order valence-corrected chi connectivity index (χ4v) is 5.08. The summed E-state index contributed by atoms with van der Waals surface area (Å²) in [6.07, 6.45) is -2.37. The van der Waals surface area contributed by atoms with Gasteiger partial charge in [0.2, 0.25) is 0 Å². The normalized spacial score (nSPS) is 14.5. The maximum atomic E-state index is 13.6. The molecule has 1 N–H and O–H groups in total. The van der Waals surface area contributed by atoms with E-state index in [1.54, 1.807) is 31.9 Å². The maximum absolute atomic E-state index is 13.6. The van der Waals surface area contributed by atoms with Crippen LogP contribution in [0.15, 0.2) is 60.8 Å². The summed E-state index contributed by atoms with van der Waals surface area (Å²) in [6.45, 7) is 8.66. The Labute approximate surface area is 253 Å². The molecule has 2 aromatic heterocycles. The third-order valence-corrected chi connectivity index (χ3v) is 7.17. The highest BCUT2D eigenvalue weighted by molar-refractivity contribution is 6.05. The molecule has 0 radical (unpaired) electrons. The number of anilines is 1. The largest absolute Gasteiger partial charge is 0.494 e. The molecule has 0 spiro atoms. The van der Waals surface area contributed by atoms with Crippen LogP contribution in [0.2, 0.25) is 0 Å². The predicted octanol–water partition coefficient (Wildman–Crippen LogP) is 7.18. The number of nitrogens with zero attached hydrogens (tertiary/aromatic N) is 4. The number of benzene rings is 2. The Morgan fingerprint density at radius 1 is 1.02 bits per heavy atom. The number of fused-ring (bicyclic) bond motifs is 1. The number of carbonyl (C=O) groups excluding carboxylic acids is 2. The van der Waals surface area contributed by atoms with Crippen LogP contribution in [0.1, 0.15) is 68.1 Å². The molecule has 3 heterocycles. The van der Waals surface area contributed by atoms with E-state index in [-0.39, 0.29) is 17.2 Å². The predicted molar refractivity (Wildman–Crippen MR) is 159 cm³/mol. The molecule has 4 aromatic rings. The van der Waals surface area contributed by atoms with Crippen LogP contribution in [0.25, 0.3) is 16.9 Å². The van der Waals surface area contributed by atoms with Crippen molar-refractivity contribution in [2.45, 2.75) is 58.2 Å². The van der Waals surface area contributed by atoms with Gasteiger partial charge in [-0.15, -0.1) is 0 Å². The number of halogens is 3. The molecular weight excluding hydrogens is 575 g/mol. The minimum absolute atomic E-state index is 0.00570. The number of carbonyl (C=O) groups is 2. The summed E-state index contributed by atoms with van der Waals surface area (Å²) in [5.41, 5.74) is 1.14. The molecule has 9 nitrogen and oxygen atoms in total. The van der Waals surface area contributed by atoms with Gasteiger partial charge in [-0.25, -0.2) is 14.3 Å². The maximum Gasteiger partial charge on any atom is 0.416 e. The fraction of sp³-hybridized carbons (Fsp3) is 0.375. The molecule has 2 aromatic carbocycles. The lowest BCUT2D eigenvalue weighted by atomic mass is 9.90. The number of likely N-dealkylation sites (tertiary alicyclic amines) is 1. The van der Waals surface area contributed by atoms with Crippen molar-refractivity contribution in [2.75, 3.05) is 25.0 Å². The van der Waals surface area contributed by atoms with Gasteiger partial charge in [0.05, 0.1) is 29.1 Å². The standard InChI is InChI=1S/C32H34F3N5O4/c1-5-43-24-11-9-20(10-12-24)26-18-27-37-28(21-13-15-39(16-14-21)30(42)44-31(2,3)4)25(19-40(27)38-26)29(41)36-23-8-6-7-22(17-23)32(33,34)35/h6-12,17-19,21H,5,13-16H2,1-4H3,(H,36,41). The number of hydrogen-bond donors (Lipinski definition) is 1. The fourth-order valence-electron chi connectivity index (χ4n) is 5.08. The van der Waals surface area contributed by atoms with Crippen molar-refractivity contribution in [3.63, 3.8) is 0 Å². The van der Waals surface area contributed by atoms with Crippen molar-refractivity contribution in [3.05, 3.63) is 77.6 Å². The number of hydrogen-bond acceptors (Lipinski definition) is 6. The lowest BCUT2D eigenvalue weighted by Crippen LogP contribution is -2.41. The number of rotatable bonds is 6. The van der Waals surface area contributed by atoms with Crippen molar-refractivity contribution in [1.29, 1.82) is 0 Å². The third kappa shape index (κ3) is 7.12. The van der Waals surface area contributed by atoms with Crippen LogP contribution in [0.3, 0.4) is 0 Å². The number of ether oxygens (including phenoxy) is 2. The van der Waals surface area contributed by atoms with Gasteiger partial charge in [0.1, 0.15) is 11.4 Å². The molecule has 0 atom stereocenters. The van der Waals surface area contributed by atoms with E-state index in [2.05, 4.69) is 10.4 Å². The lowest BCUT2D eigenvalue weighted by Gasteiger charge is -2.33. The topological polar surface area (TPSA) is 98.1 Å². The summed E-state index contributed by atoms with van der Waals surface area (Å²) in [4.78, 5) is 32.7. The van der Waals surface area contributed by atoms with Crippen LogP contribution in [0.4, 0.5) is 23.7 Å². The zero-order valence-corrected chi connectivity index (χ0v) is 24.9. The Kier molecular flexibility index (Phi) is 8.53. The zero-order chi connectivity index (χ0) is 31.6. The van der Waals surface area contributed by atoms with Crippen molar-refractivity contribution >= 4 is 23.3 Å². The van der Waals surface area contributed by atoms with Gasteiger partial charge in [-0.1, -0.05) is 6.07 Å². The number of nitrogens with one attached hydrogen (secondary N) is 1. The van der Waals surface area contributed by atoms with Gasteiger partial charge in [0, 0.05) is 42.5 Å². The molecule has 0 bridgehead atoms. The van der Waals surface area contributed by atoms with Gasteiger partial charge in [-0.05, 0) is 83.0 Å². The second-order valence-corrected chi connectivity index (χ2v) is 11.6. The number of aromatic nitrogens is 3. The molecule has 1 aliphatic rings. The van der Waals surface area contributed by atoms with Crippen LogP contribution >= 0.6 is 0 Å². The van der Waals surface area contributed by atoms with E-state index in [0.717, 1.165) is 23.4 Å². The molecule has 1 aliphatic heterocycles. The molecule has 232 valence electrons. The molecule has 0 saturated carbocycles.